The van der Waals surface area contributed by atoms with Crippen molar-refractivity contribution in [3.63, 3.8) is 0 Å². The van der Waals surface area contributed by atoms with Crippen LogP contribution in [0.1, 0.15) is 17.3 Å². The number of hydrazine groups is 1. The number of carbonyl (C=O) groups is 2. The molecule has 7 nitrogen and oxygen atoms in total. The molecule has 0 fully saturated rings. The number of benzene rings is 2. The Balaban J connectivity index is 1.72. The number of ether oxygens (including phenoxy) is 1. The monoisotopic (exact) mass is 406 g/mol. The molecule has 0 bridgehead atoms. The molecule has 0 aliphatic rings. The van der Waals surface area contributed by atoms with E-state index in [1.807, 2.05) is 6.92 Å². The van der Waals surface area contributed by atoms with Crippen molar-refractivity contribution < 1.29 is 14.3 Å². The highest BCUT2D eigenvalue weighted by molar-refractivity contribution is 7.80. The van der Waals surface area contributed by atoms with Crippen molar-refractivity contribution in [2.75, 3.05) is 18.5 Å². The third kappa shape index (κ3) is 7.12. The topological polar surface area (TPSA) is 91.5 Å². The van der Waals surface area contributed by atoms with Gasteiger partial charge in [-0.05, 0) is 61.6 Å². The Hall–Kier alpha value is -2.84. The zero-order valence-electron chi connectivity index (χ0n) is 14.5. The van der Waals surface area contributed by atoms with Gasteiger partial charge in [0.2, 0.25) is 0 Å². The Labute approximate surface area is 167 Å². The standard InChI is InChI=1S/C18H19ClN4O3S/c1-2-26-15-8-6-12(7-9-15)17(25)20-11-16(24)22-23-18(27)21-14-5-3-4-13(19)10-14/h3-10H,2,11H2,1H3,(H,20,25)(H,22,24)(H2,21,23,27). The quantitative estimate of drug-likeness (QED) is 0.435. The highest BCUT2D eigenvalue weighted by Gasteiger charge is 2.08. The summed E-state index contributed by atoms with van der Waals surface area (Å²) in [6.45, 7) is 2.22. The average molecular weight is 407 g/mol. The van der Waals surface area contributed by atoms with E-state index in [2.05, 4.69) is 21.5 Å². The van der Waals surface area contributed by atoms with E-state index in [-0.39, 0.29) is 17.6 Å². The molecule has 0 saturated heterocycles. The Kier molecular flexibility index (Phi) is 7.84. The smallest absolute Gasteiger partial charge is 0.257 e. The fourth-order valence-electron chi connectivity index (χ4n) is 2.03. The number of rotatable bonds is 6. The highest BCUT2D eigenvalue weighted by atomic mass is 35.5. The average Bonchev–Trinajstić information content (AvgIpc) is 2.65. The molecule has 9 heteroatoms. The normalized spacial score (nSPS) is 9.85. The maximum atomic E-state index is 12.0. The van der Waals surface area contributed by atoms with Gasteiger partial charge < -0.3 is 15.4 Å². The van der Waals surface area contributed by atoms with Crippen LogP contribution in [0.2, 0.25) is 5.02 Å². The van der Waals surface area contributed by atoms with E-state index in [1.165, 1.54) is 0 Å². The first-order valence-electron chi connectivity index (χ1n) is 8.10. The zero-order chi connectivity index (χ0) is 19.6. The molecule has 142 valence electrons. The van der Waals surface area contributed by atoms with Gasteiger partial charge in [-0.3, -0.25) is 20.4 Å². The van der Waals surface area contributed by atoms with E-state index in [0.717, 1.165) is 0 Å². The Morgan fingerprint density at radius 1 is 1.11 bits per heavy atom. The van der Waals surface area contributed by atoms with E-state index in [0.29, 0.717) is 28.6 Å². The fourth-order valence-corrected chi connectivity index (χ4v) is 2.39. The number of nitrogens with one attached hydrogen (secondary N) is 4. The molecule has 0 aliphatic carbocycles. The molecule has 2 aromatic carbocycles. The summed E-state index contributed by atoms with van der Waals surface area (Å²) in [6.07, 6.45) is 0. The summed E-state index contributed by atoms with van der Waals surface area (Å²) >= 11 is 10.9. The summed E-state index contributed by atoms with van der Waals surface area (Å²) < 4.78 is 5.31. The third-order valence-corrected chi connectivity index (χ3v) is 3.67. The first-order chi connectivity index (χ1) is 13.0. The van der Waals surface area contributed by atoms with E-state index in [9.17, 15) is 9.59 Å². The number of anilines is 1. The van der Waals surface area contributed by atoms with Crippen LogP contribution in [0.15, 0.2) is 48.5 Å². The molecular weight excluding hydrogens is 388 g/mol. The van der Waals surface area contributed by atoms with Crippen LogP contribution in [0.4, 0.5) is 5.69 Å². The first kappa shape index (κ1) is 20.5. The second-order valence-corrected chi connectivity index (χ2v) is 6.12. The predicted octanol–water partition coefficient (Wildman–Crippen LogP) is 2.49. The van der Waals surface area contributed by atoms with E-state index in [1.54, 1.807) is 48.5 Å². The van der Waals surface area contributed by atoms with Crippen LogP contribution >= 0.6 is 23.8 Å². The second-order valence-electron chi connectivity index (χ2n) is 5.28. The number of hydrogen-bond donors (Lipinski definition) is 4. The van der Waals surface area contributed by atoms with Crippen LogP contribution in [0.5, 0.6) is 5.75 Å². The number of carbonyl (C=O) groups excluding carboxylic acids is 2. The van der Waals surface area contributed by atoms with Crippen LogP contribution in [0, 0.1) is 0 Å². The summed E-state index contributed by atoms with van der Waals surface area (Å²) in [5.74, 6) is -0.144. The number of halogens is 1. The Bertz CT molecular complexity index is 815. The van der Waals surface area contributed by atoms with Gasteiger partial charge in [0.25, 0.3) is 11.8 Å². The molecule has 0 aliphatic heterocycles. The third-order valence-electron chi connectivity index (χ3n) is 3.23. The van der Waals surface area contributed by atoms with Crippen LogP contribution in [-0.4, -0.2) is 30.1 Å². The van der Waals surface area contributed by atoms with Crippen molar-refractivity contribution in [1.29, 1.82) is 0 Å². The molecule has 4 N–H and O–H groups in total. The summed E-state index contributed by atoms with van der Waals surface area (Å²) in [6, 6.07) is 13.6. The maximum absolute atomic E-state index is 12.0. The largest absolute Gasteiger partial charge is 0.494 e. The zero-order valence-corrected chi connectivity index (χ0v) is 16.1. The minimum atomic E-state index is -0.454. The summed E-state index contributed by atoms with van der Waals surface area (Å²) in [5.41, 5.74) is 6.04. The van der Waals surface area contributed by atoms with Gasteiger partial charge in [0.15, 0.2) is 5.11 Å². The van der Waals surface area contributed by atoms with Gasteiger partial charge in [0, 0.05) is 16.3 Å². The van der Waals surface area contributed by atoms with E-state index in [4.69, 9.17) is 28.6 Å². The van der Waals surface area contributed by atoms with Crippen molar-refractivity contribution >= 4 is 46.4 Å². The van der Waals surface area contributed by atoms with Crippen molar-refractivity contribution in [2.45, 2.75) is 6.92 Å². The molecule has 0 radical (unpaired) electrons. The van der Waals surface area contributed by atoms with Crippen molar-refractivity contribution in [2.24, 2.45) is 0 Å². The van der Waals surface area contributed by atoms with Gasteiger partial charge in [-0.25, -0.2) is 0 Å². The summed E-state index contributed by atoms with van der Waals surface area (Å²) in [7, 11) is 0. The molecule has 0 saturated carbocycles. The first-order valence-corrected chi connectivity index (χ1v) is 8.89. The van der Waals surface area contributed by atoms with Crippen LogP contribution in [0.3, 0.4) is 0 Å². The van der Waals surface area contributed by atoms with Crippen LogP contribution in [-0.2, 0) is 4.79 Å². The molecule has 0 spiro atoms. The number of thiocarbonyl (C=S) groups is 1. The Morgan fingerprint density at radius 3 is 2.52 bits per heavy atom. The molecular formula is C18H19ClN4O3S. The molecule has 2 aromatic rings. The van der Waals surface area contributed by atoms with Gasteiger partial charge in [-0.15, -0.1) is 0 Å². The predicted molar refractivity (Wildman–Crippen MR) is 109 cm³/mol. The molecule has 27 heavy (non-hydrogen) atoms. The molecule has 0 heterocycles. The lowest BCUT2D eigenvalue weighted by Gasteiger charge is -2.12. The van der Waals surface area contributed by atoms with Gasteiger partial charge in [0.05, 0.1) is 13.2 Å². The molecule has 0 unspecified atom stereocenters. The number of amides is 2. The van der Waals surface area contributed by atoms with Gasteiger partial charge in [-0.2, -0.15) is 0 Å². The number of hydrogen-bond acceptors (Lipinski definition) is 4. The fraction of sp³-hybridized carbons (Fsp3) is 0.167. The molecule has 2 rings (SSSR count). The van der Waals surface area contributed by atoms with Crippen molar-refractivity contribution in [1.82, 2.24) is 16.2 Å². The molecule has 0 aromatic heterocycles. The van der Waals surface area contributed by atoms with Crippen molar-refractivity contribution in [3.05, 3.63) is 59.1 Å². The van der Waals surface area contributed by atoms with Crippen molar-refractivity contribution in [3.8, 4) is 5.75 Å². The summed E-state index contributed by atoms with van der Waals surface area (Å²) in [5, 5.41) is 6.13. The maximum Gasteiger partial charge on any atom is 0.257 e. The van der Waals surface area contributed by atoms with Crippen LogP contribution in [0.25, 0.3) is 0 Å². The molecule has 0 atom stereocenters. The van der Waals surface area contributed by atoms with Crippen LogP contribution < -0.4 is 26.2 Å². The summed E-state index contributed by atoms with van der Waals surface area (Å²) in [4.78, 5) is 23.8. The van der Waals surface area contributed by atoms with Gasteiger partial charge in [-0.1, -0.05) is 17.7 Å². The minimum absolute atomic E-state index is 0.184. The second kappa shape index (κ2) is 10.3. The van der Waals surface area contributed by atoms with Gasteiger partial charge >= 0.3 is 0 Å². The lowest BCUT2D eigenvalue weighted by Crippen LogP contribution is -2.47. The van der Waals surface area contributed by atoms with E-state index < -0.39 is 5.91 Å². The van der Waals surface area contributed by atoms with E-state index >= 15 is 0 Å². The Morgan fingerprint density at radius 2 is 1.85 bits per heavy atom. The highest BCUT2D eigenvalue weighted by Crippen LogP contribution is 2.14. The molecule has 2 amide bonds. The van der Waals surface area contributed by atoms with Gasteiger partial charge in [0.1, 0.15) is 5.75 Å². The SMILES string of the molecule is CCOc1ccc(C(=O)NCC(=O)NNC(=S)Nc2cccc(Cl)c2)cc1. The lowest BCUT2D eigenvalue weighted by molar-refractivity contribution is -0.120. The minimum Gasteiger partial charge on any atom is -0.494 e. The lowest BCUT2D eigenvalue weighted by atomic mass is 10.2.